The van der Waals surface area contributed by atoms with Crippen molar-refractivity contribution in [1.29, 1.82) is 0 Å². The van der Waals surface area contributed by atoms with Crippen molar-refractivity contribution in [2.24, 2.45) is 5.92 Å². The Hall–Kier alpha value is -1.23. The van der Waals surface area contributed by atoms with E-state index in [0.29, 0.717) is 12.3 Å². The smallest absolute Gasteiger partial charge is 0.0930 e. The van der Waals surface area contributed by atoms with Crippen molar-refractivity contribution in [3.8, 4) is 0 Å². The Bertz CT molecular complexity index is 553. The summed E-state index contributed by atoms with van der Waals surface area (Å²) in [6, 6.07) is 10.1. The van der Waals surface area contributed by atoms with Crippen LogP contribution in [0.25, 0.3) is 0 Å². The van der Waals surface area contributed by atoms with E-state index in [0.717, 1.165) is 18.5 Å². The lowest BCUT2D eigenvalue weighted by molar-refractivity contribution is 0.154. The van der Waals surface area contributed by atoms with Gasteiger partial charge in [-0.2, -0.15) is 0 Å². The van der Waals surface area contributed by atoms with Gasteiger partial charge >= 0.3 is 0 Å². The maximum Gasteiger partial charge on any atom is 0.0930 e. The van der Waals surface area contributed by atoms with E-state index in [1.54, 1.807) is 11.3 Å². The molecule has 2 atom stereocenters. The van der Waals surface area contributed by atoms with E-state index in [9.17, 15) is 5.11 Å². The van der Waals surface area contributed by atoms with E-state index in [-0.39, 0.29) is 6.04 Å². The van der Waals surface area contributed by atoms with Crippen molar-refractivity contribution in [1.82, 2.24) is 10.3 Å². The molecular formula is C18H26N2OS. The Balaban J connectivity index is 1.77. The van der Waals surface area contributed by atoms with Gasteiger partial charge in [0.05, 0.1) is 11.1 Å². The topological polar surface area (TPSA) is 45.2 Å². The first-order valence-corrected chi connectivity index (χ1v) is 8.76. The highest BCUT2D eigenvalue weighted by atomic mass is 32.1. The Labute approximate surface area is 137 Å². The van der Waals surface area contributed by atoms with Crippen LogP contribution in [-0.4, -0.2) is 16.1 Å². The molecule has 0 saturated heterocycles. The molecule has 2 aromatic rings. The predicted molar refractivity (Wildman–Crippen MR) is 93.0 cm³/mol. The van der Waals surface area contributed by atoms with Crippen molar-refractivity contribution in [2.75, 3.05) is 0 Å². The molecule has 1 aromatic carbocycles. The molecule has 0 aliphatic carbocycles. The van der Waals surface area contributed by atoms with Gasteiger partial charge in [-0.1, -0.05) is 44.2 Å². The second-order valence-corrected chi connectivity index (χ2v) is 7.46. The molecule has 22 heavy (non-hydrogen) atoms. The Morgan fingerprint density at radius 3 is 2.59 bits per heavy atom. The molecule has 0 amide bonds. The molecule has 0 fully saturated rings. The van der Waals surface area contributed by atoms with E-state index in [1.165, 1.54) is 9.88 Å². The summed E-state index contributed by atoms with van der Waals surface area (Å²) in [5.41, 5.74) is 0.980. The number of nitrogens with one attached hydrogen (secondary N) is 1. The summed E-state index contributed by atoms with van der Waals surface area (Å²) >= 11 is 1.78. The van der Waals surface area contributed by atoms with Gasteiger partial charge in [-0.05, 0) is 24.8 Å². The highest BCUT2D eigenvalue weighted by molar-refractivity contribution is 7.11. The molecule has 120 valence electrons. The van der Waals surface area contributed by atoms with Crippen molar-refractivity contribution in [2.45, 2.75) is 52.3 Å². The first-order valence-electron chi connectivity index (χ1n) is 7.94. The summed E-state index contributed by atoms with van der Waals surface area (Å²) in [7, 11) is 0. The lowest BCUT2D eigenvalue weighted by Gasteiger charge is -2.17. The van der Waals surface area contributed by atoms with Gasteiger partial charge in [0.15, 0.2) is 0 Å². The third-order valence-corrected chi connectivity index (χ3v) is 4.59. The molecule has 1 aromatic heterocycles. The quantitative estimate of drug-likeness (QED) is 0.775. The van der Waals surface area contributed by atoms with Crippen LogP contribution in [0.2, 0.25) is 0 Å². The molecule has 0 bridgehead atoms. The van der Waals surface area contributed by atoms with Crippen molar-refractivity contribution >= 4 is 11.3 Å². The second-order valence-electron chi connectivity index (χ2n) is 6.26. The maximum absolute atomic E-state index is 10.2. The van der Waals surface area contributed by atoms with Crippen molar-refractivity contribution in [3.05, 3.63) is 52.0 Å². The largest absolute Gasteiger partial charge is 0.388 e. The van der Waals surface area contributed by atoms with Crippen LogP contribution in [0, 0.1) is 5.92 Å². The predicted octanol–water partition coefficient (Wildman–Crippen LogP) is 3.94. The first-order chi connectivity index (χ1) is 10.5. The monoisotopic (exact) mass is 318 g/mol. The Morgan fingerprint density at radius 2 is 1.91 bits per heavy atom. The summed E-state index contributed by atoms with van der Waals surface area (Å²) < 4.78 is 0. The number of benzene rings is 1. The minimum absolute atomic E-state index is 0.255. The lowest BCUT2D eigenvalue weighted by Crippen LogP contribution is -2.27. The fourth-order valence-electron chi connectivity index (χ4n) is 2.38. The van der Waals surface area contributed by atoms with Gasteiger partial charge in [-0.3, -0.25) is 0 Å². The van der Waals surface area contributed by atoms with E-state index < -0.39 is 6.10 Å². The van der Waals surface area contributed by atoms with E-state index >= 15 is 0 Å². The number of hydrogen-bond acceptors (Lipinski definition) is 4. The van der Waals surface area contributed by atoms with Gasteiger partial charge in [0, 0.05) is 30.1 Å². The van der Waals surface area contributed by atoms with Crippen molar-refractivity contribution < 1.29 is 5.11 Å². The average molecular weight is 318 g/mol. The molecule has 3 nitrogen and oxygen atoms in total. The van der Waals surface area contributed by atoms with Gasteiger partial charge in [-0.15, -0.1) is 11.3 Å². The summed E-state index contributed by atoms with van der Waals surface area (Å²) in [5, 5.41) is 14.9. The summed E-state index contributed by atoms with van der Waals surface area (Å²) in [5.74, 6) is 0.645. The molecule has 0 aliphatic rings. The van der Waals surface area contributed by atoms with Gasteiger partial charge < -0.3 is 10.4 Å². The molecular weight excluding hydrogens is 292 g/mol. The van der Waals surface area contributed by atoms with Crippen LogP contribution in [0.4, 0.5) is 0 Å². The molecule has 1 heterocycles. The zero-order valence-corrected chi connectivity index (χ0v) is 14.4. The zero-order valence-electron chi connectivity index (χ0n) is 13.6. The molecule has 2 unspecified atom stereocenters. The minimum Gasteiger partial charge on any atom is -0.388 e. The van der Waals surface area contributed by atoms with Gasteiger partial charge in [-0.25, -0.2) is 4.98 Å². The number of rotatable bonds is 8. The van der Waals surface area contributed by atoms with Crippen LogP contribution in [0.1, 0.15) is 48.7 Å². The molecule has 2 rings (SSSR count). The van der Waals surface area contributed by atoms with Crippen LogP contribution in [0.3, 0.4) is 0 Å². The van der Waals surface area contributed by atoms with Crippen molar-refractivity contribution in [3.63, 3.8) is 0 Å². The summed E-state index contributed by atoms with van der Waals surface area (Å²) in [6.45, 7) is 7.36. The van der Waals surface area contributed by atoms with E-state index in [1.807, 2.05) is 36.5 Å². The van der Waals surface area contributed by atoms with Crippen LogP contribution >= 0.6 is 11.3 Å². The SMILES string of the molecule is CC(C)Cc1ncc(CNC(C)CC(O)c2ccccc2)s1. The number of aromatic nitrogens is 1. The highest BCUT2D eigenvalue weighted by Gasteiger charge is 2.12. The molecule has 0 aliphatic heterocycles. The molecule has 2 N–H and O–H groups in total. The molecule has 4 heteroatoms. The first kappa shape index (κ1) is 17.1. The number of nitrogens with zero attached hydrogens (tertiary/aromatic N) is 1. The van der Waals surface area contributed by atoms with Crippen LogP contribution in [-0.2, 0) is 13.0 Å². The van der Waals surface area contributed by atoms with Gasteiger partial charge in [0.1, 0.15) is 0 Å². The van der Waals surface area contributed by atoms with Gasteiger partial charge in [0.2, 0.25) is 0 Å². The fraction of sp³-hybridized carbons (Fsp3) is 0.500. The normalized spacial score (nSPS) is 14.2. The van der Waals surface area contributed by atoms with Gasteiger partial charge in [0.25, 0.3) is 0 Å². The number of hydrogen-bond donors (Lipinski definition) is 2. The maximum atomic E-state index is 10.2. The lowest BCUT2D eigenvalue weighted by atomic mass is 10.0. The Kier molecular flexibility index (Phi) is 6.55. The second kappa shape index (κ2) is 8.42. The molecule has 0 saturated carbocycles. The molecule has 0 spiro atoms. The average Bonchev–Trinajstić information content (AvgIpc) is 2.93. The highest BCUT2D eigenvalue weighted by Crippen LogP contribution is 2.19. The minimum atomic E-state index is -0.415. The third kappa shape index (κ3) is 5.52. The zero-order chi connectivity index (χ0) is 15.9. The Morgan fingerprint density at radius 1 is 1.18 bits per heavy atom. The number of aliphatic hydroxyl groups excluding tert-OH is 1. The summed E-state index contributed by atoms with van der Waals surface area (Å²) in [4.78, 5) is 5.73. The number of thiazole rings is 1. The molecule has 0 radical (unpaired) electrons. The van der Waals surface area contributed by atoms with Crippen LogP contribution in [0.15, 0.2) is 36.5 Å². The van der Waals surface area contributed by atoms with Crippen LogP contribution < -0.4 is 5.32 Å². The number of aliphatic hydroxyl groups is 1. The van der Waals surface area contributed by atoms with E-state index in [2.05, 4.69) is 31.1 Å². The summed E-state index contributed by atoms with van der Waals surface area (Å²) in [6.07, 6.45) is 3.31. The third-order valence-electron chi connectivity index (χ3n) is 3.57. The van der Waals surface area contributed by atoms with Crippen LogP contribution in [0.5, 0.6) is 0 Å². The standard InChI is InChI=1S/C18H26N2OS/c1-13(2)9-18-20-12-16(22-18)11-19-14(3)10-17(21)15-7-5-4-6-8-15/h4-8,12-14,17,19,21H,9-11H2,1-3H3. The fourth-order valence-corrected chi connectivity index (χ4v) is 3.46. The van der Waals surface area contributed by atoms with E-state index in [4.69, 9.17) is 0 Å².